The second-order valence-corrected chi connectivity index (χ2v) is 2.29. The summed E-state index contributed by atoms with van der Waals surface area (Å²) in [6.07, 6.45) is 4.62. The first-order valence-electron chi connectivity index (χ1n) is 3.43. The largest absolute Gasteiger partial charge is 0.397 e. The molecule has 5 nitrogen and oxygen atoms in total. The average molecular weight is 161 g/mol. The zero-order chi connectivity index (χ0) is 8.39. The molecule has 0 radical (unpaired) electrons. The SMILES string of the molecule is Nc1ccc(-n2cncn2)nc1. The van der Waals surface area contributed by atoms with Gasteiger partial charge in [-0.05, 0) is 12.1 Å². The third-order valence-electron chi connectivity index (χ3n) is 1.42. The van der Waals surface area contributed by atoms with E-state index in [1.54, 1.807) is 29.3 Å². The molecule has 0 aliphatic heterocycles. The van der Waals surface area contributed by atoms with E-state index in [1.807, 2.05) is 0 Å². The van der Waals surface area contributed by atoms with E-state index >= 15 is 0 Å². The summed E-state index contributed by atoms with van der Waals surface area (Å²) in [6.45, 7) is 0. The highest BCUT2D eigenvalue weighted by Gasteiger charge is 1.95. The second kappa shape index (κ2) is 2.61. The van der Waals surface area contributed by atoms with Crippen molar-refractivity contribution < 1.29 is 0 Å². The summed E-state index contributed by atoms with van der Waals surface area (Å²) < 4.78 is 1.57. The molecule has 0 amide bonds. The van der Waals surface area contributed by atoms with Crippen LogP contribution >= 0.6 is 0 Å². The van der Waals surface area contributed by atoms with Gasteiger partial charge in [0.2, 0.25) is 0 Å². The molecule has 0 saturated carbocycles. The Morgan fingerprint density at radius 3 is 2.83 bits per heavy atom. The maximum atomic E-state index is 5.47. The number of hydrogen-bond acceptors (Lipinski definition) is 4. The summed E-state index contributed by atoms with van der Waals surface area (Å²) in [4.78, 5) is 7.86. The van der Waals surface area contributed by atoms with Crippen LogP contribution in [0.25, 0.3) is 5.82 Å². The lowest BCUT2D eigenvalue weighted by molar-refractivity contribution is 0.846. The van der Waals surface area contributed by atoms with Crippen LogP contribution in [0.15, 0.2) is 31.0 Å². The molecule has 2 rings (SSSR count). The van der Waals surface area contributed by atoms with Crippen LogP contribution in [0.5, 0.6) is 0 Å². The summed E-state index contributed by atoms with van der Waals surface area (Å²) in [5, 5.41) is 3.92. The molecule has 2 aromatic rings. The van der Waals surface area contributed by atoms with Gasteiger partial charge in [-0.3, -0.25) is 0 Å². The van der Waals surface area contributed by atoms with Crippen LogP contribution in [0.1, 0.15) is 0 Å². The number of pyridine rings is 1. The molecule has 60 valence electrons. The second-order valence-electron chi connectivity index (χ2n) is 2.29. The molecule has 0 saturated heterocycles. The summed E-state index contributed by atoms with van der Waals surface area (Å²) in [7, 11) is 0. The molecule has 12 heavy (non-hydrogen) atoms. The molecule has 0 atom stereocenters. The van der Waals surface area contributed by atoms with Crippen molar-refractivity contribution in [3.8, 4) is 5.82 Å². The van der Waals surface area contributed by atoms with Crippen LogP contribution in [0.2, 0.25) is 0 Å². The molecule has 2 aromatic heterocycles. The minimum atomic E-state index is 0.638. The summed E-state index contributed by atoms with van der Waals surface area (Å²) in [5.41, 5.74) is 6.11. The highest BCUT2D eigenvalue weighted by atomic mass is 15.3. The monoisotopic (exact) mass is 161 g/mol. The molecule has 0 aliphatic rings. The molecule has 2 heterocycles. The van der Waals surface area contributed by atoms with E-state index < -0.39 is 0 Å². The quantitative estimate of drug-likeness (QED) is 0.650. The van der Waals surface area contributed by atoms with Gasteiger partial charge in [0.1, 0.15) is 12.7 Å². The summed E-state index contributed by atoms with van der Waals surface area (Å²) in [5.74, 6) is 0.710. The maximum Gasteiger partial charge on any atom is 0.155 e. The third-order valence-corrected chi connectivity index (χ3v) is 1.42. The van der Waals surface area contributed by atoms with Crippen LogP contribution in [0.4, 0.5) is 5.69 Å². The van der Waals surface area contributed by atoms with E-state index in [0.717, 1.165) is 0 Å². The predicted octanol–water partition coefficient (Wildman–Crippen LogP) is 0.244. The fourth-order valence-electron chi connectivity index (χ4n) is 0.860. The first kappa shape index (κ1) is 6.78. The Labute approximate surface area is 68.9 Å². The summed E-state index contributed by atoms with van der Waals surface area (Å²) >= 11 is 0. The first-order valence-corrected chi connectivity index (χ1v) is 3.43. The van der Waals surface area contributed by atoms with Crippen LogP contribution in [0.3, 0.4) is 0 Å². The van der Waals surface area contributed by atoms with Crippen molar-refractivity contribution in [2.75, 3.05) is 5.73 Å². The fraction of sp³-hybridized carbons (Fsp3) is 0. The van der Waals surface area contributed by atoms with Crippen LogP contribution in [-0.2, 0) is 0 Å². The standard InChI is InChI=1S/C7H7N5/c8-6-1-2-7(10-3-6)12-5-9-4-11-12/h1-5H,8H2. The summed E-state index contributed by atoms with van der Waals surface area (Å²) in [6, 6.07) is 3.55. The Morgan fingerprint density at radius 1 is 1.33 bits per heavy atom. The minimum absolute atomic E-state index is 0.638. The Hall–Kier alpha value is -1.91. The van der Waals surface area contributed by atoms with E-state index in [1.165, 1.54) is 6.33 Å². The molecule has 2 N–H and O–H groups in total. The lowest BCUT2D eigenvalue weighted by Crippen LogP contribution is -1.97. The lowest BCUT2D eigenvalue weighted by Gasteiger charge is -1.97. The van der Waals surface area contributed by atoms with E-state index in [0.29, 0.717) is 11.5 Å². The Balaban J connectivity index is 2.43. The number of anilines is 1. The predicted molar refractivity (Wildman–Crippen MR) is 43.6 cm³/mol. The van der Waals surface area contributed by atoms with Gasteiger partial charge in [-0.2, -0.15) is 5.10 Å². The zero-order valence-electron chi connectivity index (χ0n) is 6.25. The van der Waals surface area contributed by atoms with Gasteiger partial charge >= 0.3 is 0 Å². The minimum Gasteiger partial charge on any atom is -0.397 e. The van der Waals surface area contributed by atoms with E-state index in [4.69, 9.17) is 5.73 Å². The van der Waals surface area contributed by atoms with Crippen molar-refractivity contribution in [2.24, 2.45) is 0 Å². The maximum absolute atomic E-state index is 5.47. The van der Waals surface area contributed by atoms with Crippen LogP contribution < -0.4 is 5.73 Å². The molecule has 5 heteroatoms. The molecule has 0 fully saturated rings. The van der Waals surface area contributed by atoms with Crippen LogP contribution in [0, 0.1) is 0 Å². The molecule has 0 unspecified atom stereocenters. The smallest absolute Gasteiger partial charge is 0.155 e. The Bertz CT molecular complexity index is 350. The number of rotatable bonds is 1. The van der Waals surface area contributed by atoms with Gasteiger partial charge in [0, 0.05) is 0 Å². The third kappa shape index (κ3) is 1.12. The van der Waals surface area contributed by atoms with E-state index in [-0.39, 0.29) is 0 Å². The number of hydrogen-bond donors (Lipinski definition) is 1. The number of aromatic nitrogens is 4. The highest BCUT2D eigenvalue weighted by molar-refractivity contribution is 5.37. The van der Waals surface area contributed by atoms with E-state index in [9.17, 15) is 0 Å². The van der Waals surface area contributed by atoms with Gasteiger partial charge in [0.15, 0.2) is 5.82 Å². The first-order chi connectivity index (χ1) is 5.86. The Kier molecular flexibility index (Phi) is 1.48. The molecule has 0 bridgehead atoms. The average Bonchev–Trinajstić information content (AvgIpc) is 2.58. The van der Waals surface area contributed by atoms with Crippen molar-refractivity contribution in [3.63, 3.8) is 0 Å². The molecule has 0 aliphatic carbocycles. The molecule has 0 spiro atoms. The van der Waals surface area contributed by atoms with Gasteiger partial charge < -0.3 is 5.73 Å². The number of nitrogens with zero attached hydrogens (tertiary/aromatic N) is 4. The number of nitrogen functional groups attached to an aromatic ring is 1. The van der Waals surface area contributed by atoms with Gasteiger partial charge in [0.05, 0.1) is 11.9 Å². The van der Waals surface area contributed by atoms with Gasteiger partial charge in [0.25, 0.3) is 0 Å². The van der Waals surface area contributed by atoms with Crippen molar-refractivity contribution in [2.45, 2.75) is 0 Å². The van der Waals surface area contributed by atoms with E-state index in [2.05, 4.69) is 15.1 Å². The van der Waals surface area contributed by atoms with Crippen molar-refractivity contribution >= 4 is 5.69 Å². The van der Waals surface area contributed by atoms with Crippen molar-refractivity contribution in [3.05, 3.63) is 31.0 Å². The van der Waals surface area contributed by atoms with Gasteiger partial charge in [-0.15, -0.1) is 0 Å². The lowest BCUT2D eigenvalue weighted by atomic mass is 10.4. The Morgan fingerprint density at radius 2 is 2.25 bits per heavy atom. The van der Waals surface area contributed by atoms with Crippen molar-refractivity contribution in [1.29, 1.82) is 0 Å². The zero-order valence-corrected chi connectivity index (χ0v) is 6.25. The van der Waals surface area contributed by atoms with Crippen molar-refractivity contribution in [1.82, 2.24) is 19.7 Å². The molecule has 0 aromatic carbocycles. The fourth-order valence-corrected chi connectivity index (χ4v) is 0.860. The number of nitrogens with two attached hydrogens (primary N) is 1. The van der Waals surface area contributed by atoms with Gasteiger partial charge in [-0.1, -0.05) is 0 Å². The van der Waals surface area contributed by atoms with Gasteiger partial charge in [-0.25, -0.2) is 14.6 Å². The molecular formula is C7H7N5. The highest BCUT2D eigenvalue weighted by Crippen LogP contribution is 2.03. The normalized spacial score (nSPS) is 10.0. The topological polar surface area (TPSA) is 69.6 Å². The van der Waals surface area contributed by atoms with Crippen LogP contribution in [-0.4, -0.2) is 19.7 Å². The molecular weight excluding hydrogens is 154 g/mol.